The molecule has 2 amide bonds. The summed E-state index contributed by atoms with van der Waals surface area (Å²) in [6.07, 6.45) is 6.57. The third-order valence-corrected chi connectivity index (χ3v) is 6.58. The van der Waals surface area contributed by atoms with Crippen molar-refractivity contribution < 1.29 is 9.59 Å². The Morgan fingerprint density at radius 2 is 1.66 bits per heavy atom. The molecule has 0 bridgehead atoms. The molecule has 4 heteroatoms. The largest absolute Gasteiger partial charge is 0.352 e. The lowest BCUT2D eigenvalue weighted by atomic mass is 9.95. The van der Waals surface area contributed by atoms with Gasteiger partial charge in [0, 0.05) is 12.6 Å². The minimum absolute atomic E-state index is 0.00361. The van der Waals surface area contributed by atoms with Crippen molar-refractivity contribution in [2.45, 2.75) is 91.3 Å². The highest BCUT2D eigenvalue weighted by Gasteiger charge is 2.30. The summed E-state index contributed by atoms with van der Waals surface area (Å²) in [6.45, 7) is 8.62. The normalized spacial score (nSPS) is 15.2. The van der Waals surface area contributed by atoms with Crippen LogP contribution in [0.4, 0.5) is 0 Å². The molecule has 1 aliphatic rings. The van der Waals surface area contributed by atoms with Gasteiger partial charge in [-0.2, -0.15) is 0 Å². The maximum Gasteiger partial charge on any atom is 0.243 e. The van der Waals surface area contributed by atoms with Gasteiger partial charge < -0.3 is 10.2 Å². The number of benzene rings is 2. The predicted octanol–water partition coefficient (Wildman–Crippen LogP) is 5.41. The van der Waals surface area contributed by atoms with Gasteiger partial charge in [-0.05, 0) is 56.7 Å². The lowest BCUT2D eigenvalue weighted by Gasteiger charge is -2.33. The number of aryl methyl sites for hydroxylation is 3. The fourth-order valence-corrected chi connectivity index (χ4v) is 4.88. The van der Waals surface area contributed by atoms with Crippen LogP contribution in [0.3, 0.4) is 0 Å². The van der Waals surface area contributed by atoms with E-state index >= 15 is 0 Å². The molecule has 1 N–H and O–H groups in total. The van der Waals surface area contributed by atoms with E-state index in [1.807, 2.05) is 19.1 Å². The summed E-state index contributed by atoms with van der Waals surface area (Å²) in [6, 6.07) is 14.1. The van der Waals surface area contributed by atoms with Crippen LogP contribution in [-0.4, -0.2) is 28.8 Å². The Morgan fingerprint density at radius 1 is 1.00 bits per heavy atom. The number of nitrogens with zero attached hydrogens (tertiary/aromatic N) is 1. The molecule has 3 rings (SSSR count). The zero-order valence-electron chi connectivity index (χ0n) is 20.1. The number of rotatable bonds is 8. The zero-order chi connectivity index (χ0) is 23.1. The van der Waals surface area contributed by atoms with E-state index in [2.05, 4.69) is 56.4 Å². The van der Waals surface area contributed by atoms with Crippen molar-refractivity contribution in [3.8, 4) is 0 Å². The quantitative estimate of drug-likeness (QED) is 0.604. The molecular weight excluding hydrogens is 396 g/mol. The zero-order valence-corrected chi connectivity index (χ0v) is 20.1. The molecule has 0 aromatic heterocycles. The highest BCUT2D eigenvalue weighted by molar-refractivity contribution is 5.88. The Labute approximate surface area is 193 Å². The van der Waals surface area contributed by atoms with Crippen molar-refractivity contribution in [2.75, 3.05) is 0 Å². The number of amides is 2. The van der Waals surface area contributed by atoms with Crippen LogP contribution in [0.15, 0.2) is 42.5 Å². The fraction of sp³-hybridized carbons (Fsp3) is 0.500. The van der Waals surface area contributed by atoms with Gasteiger partial charge in [-0.25, -0.2) is 0 Å². The molecule has 0 radical (unpaired) electrons. The van der Waals surface area contributed by atoms with E-state index < -0.39 is 6.04 Å². The van der Waals surface area contributed by atoms with Crippen LogP contribution >= 0.6 is 0 Å². The molecule has 0 heterocycles. The Balaban J connectivity index is 1.84. The van der Waals surface area contributed by atoms with Gasteiger partial charge in [0.25, 0.3) is 0 Å². The standard InChI is InChI=1S/C28H38N2O2/c1-5-26(28(32)29-25-13-7-6-8-14-25)30(19-24-12-10-9-11-22(24)4)27(31)18-23-16-20(2)15-21(3)17-23/h9-12,15-17,25-26H,5-8,13-14,18-19H2,1-4H3,(H,29,32)/t26-/m0/s1. The molecular formula is C28H38N2O2. The molecule has 0 aliphatic heterocycles. The first-order chi connectivity index (χ1) is 15.4. The molecule has 4 nitrogen and oxygen atoms in total. The third-order valence-electron chi connectivity index (χ3n) is 6.58. The predicted molar refractivity (Wildman–Crippen MR) is 130 cm³/mol. The topological polar surface area (TPSA) is 49.4 Å². The lowest BCUT2D eigenvalue weighted by molar-refractivity contribution is -0.141. The summed E-state index contributed by atoms with van der Waals surface area (Å²) in [7, 11) is 0. The van der Waals surface area contributed by atoms with Crippen LogP contribution in [0.1, 0.15) is 73.3 Å². The first-order valence-electron chi connectivity index (χ1n) is 12.1. The number of hydrogen-bond donors (Lipinski definition) is 1. The highest BCUT2D eigenvalue weighted by atomic mass is 16.2. The summed E-state index contributed by atoms with van der Waals surface area (Å²) >= 11 is 0. The van der Waals surface area contributed by atoms with Gasteiger partial charge in [0.2, 0.25) is 11.8 Å². The van der Waals surface area contributed by atoms with Crippen molar-refractivity contribution in [3.63, 3.8) is 0 Å². The van der Waals surface area contributed by atoms with Crippen molar-refractivity contribution in [2.24, 2.45) is 0 Å². The van der Waals surface area contributed by atoms with Gasteiger partial charge in [0.1, 0.15) is 6.04 Å². The summed E-state index contributed by atoms with van der Waals surface area (Å²) in [5.41, 5.74) is 5.54. The Kier molecular flexibility index (Phi) is 8.49. The monoisotopic (exact) mass is 434 g/mol. The second-order valence-corrected chi connectivity index (χ2v) is 9.39. The minimum Gasteiger partial charge on any atom is -0.352 e. The Bertz CT molecular complexity index is 911. The summed E-state index contributed by atoms with van der Waals surface area (Å²) in [5.74, 6) is -0.00865. The summed E-state index contributed by atoms with van der Waals surface area (Å²) in [5, 5.41) is 3.25. The number of hydrogen-bond acceptors (Lipinski definition) is 2. The molecule has 0 spiro atoms. The van der Waals surface area contributed by atoms with Crippen LogP contribution in [-0.2, 0) is 22.6 Å². The molecule has 1 atom stereocenters. The maximum atomic E-state index is 13.6. The van der Waals surface area contributed by atoms with Crippen LogP contribution in [0, 0.1) is 20.8 Å². The minimum atomic E-state index is -0.463. The molecule has 0 unspecified atom stereocenters. The third kappa shape index (κ3) is 6.44. The SMILES string of the molecule is CC[C@@H](C(=O)NC1CCCCC1)N(Cc1ccccc1C)C(=O)Cc1cc(C)cc(C)c1. The number of nitrogens with one attached hydrogen (secondary N) is 1. The van der Waals surface area contributed by atoms with Gasteiger partial charge in [0.05, 0.1) is 6.42 Å². The Hall–Kier alpha value is -2.62. The van der Waals surface area contributed by atoms with Gasteiger partial charge in [-0.15, -0.1) is 0 Å². The highest BCUT2D eigenvalue weighted by Crippen LogP contribution is 2.21. The smallest absolute Gasteiger partial charge is 0.243 e. The summed E-state index contributed by atoms with van der Waals surface area (Å²) in [4.78, 5) is 28.7. The first kappa shape index (κ1) is 24.0. The molecule has 1 aliphatic carbocycles. The van der Waals surface area contributed by atoms with Crippen LogP contribution in [0.2, 0.25) is 0 Å². The Morgan fingerprint density at radius 3 is 2.28 bits per heavy atom. The van der Waals surface area contributed by atoms with Crippen LogP contribution in [0.5, 0.6) is 0 Å². The molecule has 2 aromatic carbocycles. The van der Waals surface area contributed by atoms with Crippen molar-refractivity contribution in [3.05, 3.63) is 70.3 Å². The molecule has 172 valence electrons. The van der Waals surface area contributed by atoms with E-state index in [0.717, 1.165) is 40.7 Å². The van der Waals surface area contributed by atoms with Crippen molar-refractivity contribution >= 4 is 11.8 Å². The number of carbonyl (C=O) groups is 2. The first-order valence-corrected chi connectivity index (χ1v) is 12.1. The molecule has 2 aromatic rings. The van der Waals surface area contributed by atoms with Crippen molar-refractivity contribution in [1.82, 2.24) is 10.2 Å². The average Bonchev–Trinajstić information content (AvgIpc) is 2.75. The second-order valence-electron chi connectivity index (χ2n) is 9.39. The van der Waals surface area contributed by atoms with Crippen molar-refractivity contribution in [1.29, 1.82) is 0 Å². The summed E-state index contributed by atoms with van der Waals surface area (Å²) < 4.78 is 0. The average molecular weight is 435 g/mol. The molecule has 0 saturated heterocycles. The van der Waals surface area contributed by atoms with Gasteiger partial charge in [-0.1, -0.05) is 79.8 Å². The van der Waals surface area contributed by atoms with E-state index in [4.69, 9.17) is 0 Å². The molecule has 1 saturated carbocycles. The van der Waals surface area contributed by atoms with Gasteiger partial charge >= 0.3 is 0 Å². The lowest BCUT2D eigenvalue weighted by Crippen LogP contribution is -2.52. The van der Waals surface area contributed by atoms with E-state index in [1.54, 1.807) is 4.90 Å². The fourth-order valence-electron chi connectivity index (χ4n) is 4.88. The number of carbonyl (C=O) groups excluding carboxylic acids is 2. The van der Waals surface area contributed by atoms with Crippen LogP contribution in [0.25, 0.3) is 0 Å². The maximum absolute atomic E-state index is 13.6. The molecule has 32 heavy (non-hydrogen) atoms. The van der Waals surface area contributed by atoms with E-state index in [1.165, 1.54) is 19.3 Å². The molecule has 1 fully saturated rings. The van der Waals surface area contributed by atoms with E-state index in [0.29, 0.717) is 19.4 Å². The van der Waals surface area contributed by atoms with Gasteiger partial charge in [0.15, 0.2) is 0 Å². The van der Waals surface area contributed by atoms with E-state index in [9.17, 15) is 9.59 Å². The van der Waals surface area contributed by atoms with Gasteiger partial charge in [-0.3, -0.25) is 9.59 Å². The second kappa shape index (κ2) is 11.3. The van der Waals surface area contributed by atoms with E-state index in [-0.39, 0.29) is 17.9 Å². The van der Waals surface area contributed by atoms with Crippen LogP contribution < -0.4 is 5.32 Å².